The number of aromatic nitrogens is 2. The zero-order chi connectivity index (χ0) is 35.5. The number of amides is 2. The summed E-state index contributed by atoms with van der Waals surface area (Å²) < 4.78 is 13.1. The van der Waals surface area contributed by atoms with Crippen molar-refractivity contribution in [3.8, 4) is 11.1 Å². The van der Waals surface area contributed by atoms with Crippen LogP contribution in [0.25, 0.3) is 32.9 Å². The van der Waals surface area contributed by atoms with Crippen molar-refractivity contribution in [2.24, 2.45) is 4.99 Å². The summed E-state index contributed by atoms with van der Waals surface area (Å²) >= 11 is 6.17. The van der Waals surface area contributed by atoms with E-state index in [-0.39, 0.29) is 50.4 Å². The maximum Gasteiger partial charge on any atom is 0.254 e. The molecule has 1 atom stereocenters. The van der Waals surface area contributed by atoms with Crippen LogP contribution in [0.15, 0.2) is 113 Å². The van der Waals surface area contributed by atoms with Crippen molar-refractivity contribution in [2.75, 3.05) is 26.3 Å². The first-order chi connectivity index (χ1) is 24.8. The van der Waals surface area contributed by atoms with Gasteiger partial charge in [-0.3, -0.25) is 23.9 Å². The van der Waals surface area contributed by atoms with Gasteiger partial charge in [0.2, 0.25) is 5.91 Å². The largest absolute Gasteiger partial charge is 0.378 e. The summed E-state index contributed by atoms with van der Waals surface area (Å²) in [5.74, 6) is -0.167. The van der Waals surface area contributed by atoms with Crippen LogP contribution in [-0.2, 0) is 9.53 Å². The molecule has 0 bridgehead atoms. The van der Waals surface area contributed by atoms with Gasteiger partial charge in [0, 0.05) is 45.6 Å². The van der Waals surface area contributed by atoms with Crippen molar-refractivity contribution in [1.82, 2.24) is 20.4 Å². The molecule has 1 unspecified atom stereocenters. The Morgan fingerprint density at radius 3 is 2.39 bits per heavy atom. The third-order valence-corrected chi connectivity index (χ3v) is 9.11. The Morgan fingerprint density at radius 2 is 1.61 bits per heavy atom. The van der Waals surface area contributed by atoms with E-state index in [0.717, 1.165) is 49.9 Å². The average Bonchev–Trinajstić information content (AvgIpc) is 3.66. The lowest BCUT2D eigenvalue weighted by atomic mass is 9.93. The molecule has 0 saturated heterocycles. The molecule has 6 aromatic rings. The molecule has 0 radical (unpaired) electrons. The molecule has 0 fully saturated rings. The lowest BCUT2D eigenvalue weighted by Crippen LogP contribution is -2.30. The number of benzene rings is 4. The SMILES string of the molecule is C=CC(=O)n1c2ccccc2c2cc(C(=O)NCCOCCNC(=O)CC3N=C(c4ccc(Cl)cc4)c4ccccc4-c4c(C)noc43)ccc21. The molecule has 10 nitrogen and oxygen atoms in total. The van der Waals surface area contributed by atoms with Gasteiger partial charge in [0.1, 0.15) is 6.04 Å². The third kappa shape index (κ3) is 6.71. The highest BCUT2D eigenvalue weighted by Crippen LogP contribution is 2.40. The first kappa shape index (κ1) is 33.6. The van der Waals surface area contributed by atoms with Gasteiger partial charge in [0.15, 0.2) is 5.76 Å². The molecule has 11 heteroatoms. The molecule has 51 heavy (non-hydrogen) atoms. The number of halogens is 1. The molecule has 7 rings (SSSR count). The van der Waals surface area contributed by atoms with Gasteiger partial charge in [0.05, 0.1) is 47.6 Å². The maximum absolute atomic E-state index is 13.2. The second-order valence-electron chi connectivity index (χ2n) is 12.1. The smallest absolute Gasteiger partial charge is 0.254 e. The molecule has 0 aliphatic carbocycles. The van der Waals surface area contributed by atoms with Crippen molar-refractivity contribution in [1.29, 1.82) is 0 Å². The number of aryl methyl sites for hydroxylation is 1. The number of carbonyl (C=O) groups excluding carboxylic acids is 3. The number of allylic oxidation sites excluding steroid dienone is 1. The highest BCUT2D eigenvalue weighted by molar-refractivity contribution is 6.30. The number of nitrogens with one attached hydrogen (secondary N) is 2. The van der Waals surface area contributed by atoms with E-state index in [0.29, 0.717) is 21.9 Å². The molecule has 0 saturated carbocycles. The van der Waals surface area contributed by atoms with E-state index < -0.39 is 6.04 Å². The second kappa shape index (κ2) is 14.6. The number of para-hydroxylation sites is 1. The second-order valence-corrected chi connectivity index (χ2v) is 12.5. The monoisotopic (exact) mass is 699 g/mol. The van der Waals surface area contributed by atoms with Crippen molar-refractivity contribution in [3.05, 3.63) is 137 Å². The van der Waals surface area contributed by atoms with Crippen molar-refractivity contribution >= 4 is 56.8 Å². The highest BCUT2D eigenvalue weighted by atomic mass is 35.5. The van der Waals surface area contributed by atoms with Crippen molar-refractivity contribution in [2.45, 2.75) is 19.4 Å². The van der Waals surface area contributed by atoms with Gasteiger partial charge in [-0.2, -0.15) is 0 Å². The predicted molar refractivity (Wildman–Crippen MR) is 198 cm³/mol. The summed E-state index contributed by atoms with van der Waals surface area (Å²) in [6.45, 7) is 6.57. The molecular formula is C40H34ClN5O5. The molecule has 0 spiro atoms. The summed E-state index contributed by atoms with van der Waals surface area (Å²) in [6, 6.07) is 27.6. The van der Waals surface area contributed by atoms with Gasteiger partial charge in [-0.15, -0.1) is 0 Å². The molecular weight excluding hydrogens is 666 g/mol. The van der Waals surface area contributed by atoms with E-state index in [1.165, 1.54) is 6.08 Å². The Kier molecular flexibility index (Phi) is 9.61. The van der Waals surface area contributed by atoms with Gasteiger partial charge in [-0.1, -0.05) is 77.9 Å². The first-order valence-electron chi connectivity index (χ1n) is 16.6. The Labute approximate surface area is 298 Å². The fourth-order valence-electron chi connectivity index (χ4n) is 6.50. The summed E-state index contributed by atoms with van der Waals surface area (Å²) in [6.07, 6.45) is 1.32. The molecule has 2 N–H and O–H groups in total. The lowest BCUT2D eigenvalue weighted by Gasteiger charge is -2.13. The fourth-order valence-corrected chi connectivity index (χ4v) is 6.63. The van der Waals surface area contributed by atoms with Crippen LogP contribution in [0.4, 0.5) is 0 Å². The summed E-state index contributed by atoms with van der Waals surface area (Å²) in [5.41, 5.74) is 6.98. The van der Waals surface area contributed by atoms with Gasteiger partial charge in [-0.25, -0.2) is 0 Å². The number of hydrogen-bond acceptors (Lipinski definition) is 7. The zero-order valence-corrected chi connectivity index (χ0v) is 28.6. The molecule has 1 aliphatic rings. The van der Waals surface area contributed by atoms with Crippen molar-refractivity contribution < 1.29 is 23.6 Å². The Morgan fingerprint density at radius 1 is 0.902 bits per heavy atom. The minimum Gasteiger partial charge on any atom is -0.378 e. The number of aliphatic imine (C=N–C) groups is 1. The summed E-state index contributed by atoms with van der Waals surface area (Å²) in [4.78, 5) is 43.8. The minimum absolute atomic E-state index is 0.0491. The number of rotatable bonds is 11. The summed E-state index contributed by atoms with van der Waals surface area (Å²) in [7, 11) is 0. The van der Waals surface area contributed by atoms with E-state index in [9.17, 15) is 14.4 Å². The van der Waals surface area contributed by atoms with E-state index >= 15 is 0 Å². The first-order valence-corrected chi connectivity index (χ1v) is 16.9. The average molecular weight is 700 g/mol. The van der Waals surface area contributed by atoms with E-state index in [1.807, 2.05) is 79.7 Å². The number of carbonyl (C=O) groups is 3. The van der Waals surface area contributed by atoms with Crippen LogP contribution in [-0.4, -0.2) is 59.5 Å². The number of nitrogens with zero attached hydrogens (tertiary/aromatic N) is 3. The highest BCUT2D eigenvalue weighted by Gasteiger charge is 2.31. The van der Waals surface area contributed by atoms with Crippen LogP contribution in [0.1, 0.15) is 50.2 Å². The van der Waals surface area contributed by atoms with Crippen LogP contribution in [0, 0.1) is 6.92 Å². The predicted octanol–water partition coefficient (Wildman–Crippen LogP) is 7.08. The Bertz CT molecular complexity index is 2340. The van der Waals surface area contributed by atoms with Crippen LogP contribution in [0.3, 0.4) is 0 Å². The van der Waals surface area contributed by atoms with Crippen LogP contribution >= 0.6 is 11.6 Å². The molecule has 2 amide bonds. The Hall–Kier alpha value is -5.84. The van der Waals surface area contributed by atoms with Crippen LogP contribution in [0.5, 0.6) is 0 Å². The van der Waals surface area contributed by atoms with E-state index in [2.05, 4.69) is 22.4 Å². The topological polar surface area (TPSA) is 128 Å². The van der Waals surface area contributed by atoms with Crippen LogP contribution in [0.2, 0.25) is 5.02 Å². The zero-order valence-electron chi connectivity index (χ0n) is 27.8. The van der Waals surface area contributed by atoms with Gasteiger partial charge < -0.3 is 19.9 Å². The standard InChI is InChI=1S/C40H34ClN5O5/c1-3-36(48)46-33-11-7-6-8-28(33)31-22-26(14-17-34(31)46)40(49)43-19-21-50-20-18-42-35(47)23-32-39-37(24(2)45-51-39)29-9-4-5-10-30(29)38(44-32)25-12-15-27(41)16-13-25/h3-17,22,32H,1,18-21,23H2,2H3,(H,42,47)(H,43,49). The fraction of sp³-hybridized carbons (Fsp3) is 0.175. The Balaban J connectivity index is 0.940. The third-order valence-electron chi connectivity index (χ3n) is 8.85. The molecule has 3 heterocycles. The van der Waals surface area contributed by atoms with E-state index in [4.69, 9.17) is 25.9 Å². The van der Waals surface area contributed by atoms with E-state index in [1.54, 1.807) is 22.8 Å². The lowest BCUT2D eigenvalue weighted by molar-refractivity contribution is -0.121. The number of fused-ring (bicyclic) bond motifs is 6. The molecule has 1 aliphatic heterocycles. The normalized spacial score (nSPS) is 13.6. The van der Waals surface area contributed by atoms with Crippen molar-refractivity contribution in [3.63, 3.8) is 0 Å². The molecule has 2 aromatic heterocycles. The van der Waals surface area contributed by atoms with Gasteiger partial charge in [0.25, 0.3) is 11.8 Å². The number of ether oxygens (including phenoxy) is 1. The molecule has 4 aromatic carbocycles. The maximum atomic E-state index is 13.2. The molecule has 256 valence electrons. The quantitative estimate of drug-likeness (QED) is 0.110. The number of hydrogen-bond donors (Lipinski definition) is 2. The van der Waals surface area contributed by atoms with Crippen LogP contribution < -0.4 is 10.6 Å². The minimum atomic E-state index is -0.603. The van der Waals surface area contributed by atoms with Gasteiger partial charge in [-0.05, 0) is 55.0 Å². The summed E-state index contributed by atoms with van der Waals surface area (Å²) in [5, 5.41) is 12.3. The van der Waals surface area contributed by atoms with Gasteiger partial charge >= 0.3 is 0 Å².